The summed E-state index contributed by atoms with van der Waals surface area (Å²) in [5.41, 5.74) is 12.4. The Morgan fingerprint density at radius 1 is 1.31 bits per heavy atom. The molecule has 4 N–H and O–H groups in total. The van der Waals surface area contributed by atoms with Gasteiger partial charge in [0.05, 0.1) is 28.4 Å². The summed E-state index contributed by atoms with van der Waals surface area (Å²) < 4.78 is 15.5. The van der Waals surface area contributed by atoms with Crippen LogP contribution in [0, 0.1) is 17.2 Å². The Bertz CT molecular complexity index is 1040. The molecule has 1 aliphatic heterocycles. The van der Waals surface area contributed by atoms with E-state index in [2.05, 4.69) is 20.8 Å². The van der Waals surface area contributed by atoms with Crippen LogP contribution >= 0.6 is 11.6 Å². The minimum atomic E-state index is -0.670. The lowest BCUT2D eigenvalue weighted by atomic mass is 9.86. The molecule has 29 heavy (non-hydrogen) atoms. The maximum atomic E-state index is 13.6. The molecule has 1 spiro atoms. The number of nitrogens with zero attached hydrogens (tertiary/aromatic N) is 3. The monoisotopic (exact) mass is 419 g/mol. The van der Waals surface area contributed by atoms with E-state index in [4.69, 9.17) is 28.2 Å². The van der Waals surface area contributed by atoms with Gasteiger partial charge in [-0.3, -0.25) is 9.48 Å². The first-order valence-corrected chi connectivity index (χ1v) is 9.75. The molecule has 2 aromatic rings. The fraction of sp³-hybridized carbons (Fsp3) is 0.450. The summed E-state index contributed by atoms with van der Waals surface area (Å²) in [4.78, 5) is 25.9. The van der Waals surface area contributed by atoms with E-state index in [0.717, 1.165) is 6.42 Å². The molecule has 0 radical (unpaired) electrons. The number of benzene rings is 1. The Hall–Kier alpha value is -2.61. The van der Waals surface area contributed by atoms with Crippen molar-refractivity contribution < 1.29 is 14.0 Å². The molecule has 2 unspecified atom stereocenters. The second-order valence-electron chi connectivity index (χ2n) is 9.00. The molecule has 1 saturated carbocycles. The topological polar surface area (TPSA) is 107 Å². The van der Waals surface area contributed by atoms with Crippen LogP contribution in [-0.4, -0.2) is 33.2 Å². The van der Waals surface area contributed by atoms with Gasteiger partial charge in [-0.25, -0.2) is 9.18 Å². The van der Waals surface area contributed by atoms with E-state index in [1.54, 1.807) is 0 Å². The average Bonchev–Trinajstić information content (AvgIpc) is 3.19. The number of hydrogen-bond donors (Lipinski definition) is 2. The Morgan fingerprint density at radius 2 is 2.00 bits per heavy atom. The van der Waals surface area contributed by atoms with Crippen LogP contribution in [-0.2, 0) is 12.1 Å². The molecule has 9 heteroatoms. The number of urea groups is 1. The highest BCUT2D eigenvalue weighted by Crippen LogP contribution is 2.61. The number of carbonyl (C=O) groups excluding carboxylic acids is 2. The fourth-order valence-electron chi connectivity index (χ4n) is 4.68. The minimum Gasteiger partial charge on any atom is -0.365 e. The molecule has 154 valence electrons. The Kier molecular flexibility index (Phi) is 4.21. The molecule has 2 atom stereocenters. The van der Waals surface area contributed by atoms with Gasteiger partial charge in [-0.15, -0.1) is 0 Å². The smallest absolute Gasteiger partial charge is 0.315 e. The Morgan fingerprint density at radius 3 is 2.52 bits per heavy atom. The third-order valence-electron chi connectivity index (χ3n) is 6.05. The molecule has 0 saturated heterocycles. The van der Waals surface area contributed by atoms with E-state index < -0.39 is 23.3 Å². The summed E-state index contributed by atoms with van der Waals surface area (Å²) in [5.74, 6) is -0.997. The van der Waals surface area contributed by atoms with Crippen LogP contribution in [0.5, 0.6) is 0 Å². The lowest BCUT2D eigenvalue weighted by molar-refractivity contribution is 0.0994. The van der Waals surface area contributed by atoms with E-state index in [1.165, 1.54) is 23.1 Å². The first kappa shape index (κ1) is 19.7. The summed E-state index contributed by atoms with van der Waals surface area (Å²) in [7, 11) is 0. The van der Waals surface area contributed by atoms with Gasteiger partial charge in [0.15, 0.2) is 0 Å². The molecule has 3 amide bonds. The number of rotatable bonds is 2. The van der Waals surface area contributed by atoms with Gasteiger partial charge < -0.3 is 16.4 Å². The first-order valence-electron chi connectivity index (χ1n) is 9.37. The Labute approximate surface area is 172 Å². The average molecular weight is 420 g/mol. The second-order valence-corrected chi connectivity index (χ2v) is 9.40. The number of halogens is 2. The van der Waals surface area contributed by atoms with E-state index >= 15 is 0 Å². The van der Waals surface area contributed by atoms with Crippen LogP contribution < -0.4 is 11.5 Å². The van der Waals surface area contributed by atoms with Gasteiger partial charge in [0.2, 0.25) is 0 Å². The highest BCUT2D eigenvalue weighted by atomic mass is 35.5. The predicted molar refractivity (Wildman–Crippen MR) is 107 cm³/mol. The van der Waals surface area contributed by atoms with Gasteiger partial charge >= 0.3 is 6.03 Å². The molecular formula is C20H23ClFN5O2. The third-order valence-corrected chi connectivity index (χ3v) is 6.34. The van der Waals surface area contributed by atoms with Crippen molar-refractivity contribution in [3.8, 4) is 11.3 Å². The third kappa shape index (κ3) is 2.97. The number of primary amides is 2. The zero-order valence-electron chi connectivity index (χ0n) is 16.5. The number of hydrogen-bond acceptors (Lipinski definition) is 3. The second kappa shape index (κ2) is 6.19. The largest absolute Gasteiger partial charge is 0.365 e. The maximum Gasteiger partial charge on any atom is 0.315 e. The molecule has 1 fully saturated rings. The number of fused-ring (bicyclic) bond motifs is 2. The normalized spacial score (nSPS) is 23.2. The van der Waals surface area contributed by atoms with Crippen molar-refractivity contribution in [2.24, 2.45) is 22.8 Å². The van der Waals surface area contributed by atoms with E-state index in [1.807, 2.05) is 4.68 Å². The highest BCUT2D eigenvalue weighted by molar-refractivity contribution is 6.31. The molecule has 1 aromatic carbocycles. The highest BCUT2D eigenvalue weighted by Gasteiger charge is 2.64. The molecule has 2 aliphatic rings. The SMILES string of the molecule is CC(C)(C)C1CC12CN(C(N)=O)Cc1c(C(N)=O)c(-c3ccc(F)c(Cl)c3)nn12. The van der Waals surface area contributed by atoms with Gasteiger partial charge in [-0.05, 0) is 36.0 Å². The summed E-state index contributed by atoms with van der Waals surface area (Å²) in [5, 5.41) is 4.67. The summed E-state index contributed by atoms with van der Waals surface area (Å²) in [6.45, 7) is 6.95. The molecule has 0 bridgehead atoms. The molecular weight excluding hydrogens is 397 g/mol. The standard InChI is InChI=1S/C20H23ClFN5O2/c1-19(2,3)14-7-20(14)9-26(18(24)29)8-13-15(17(23)28)16(25-27(13)20)10-4-5-12(22)11(21)6-10/h4-6,14H,7-9H2,1-3H3,(H2,23,28)(H2,24,29). The molecule has 1 aromatic heterocycles. The summed E-state index contributed by atoms with van der Waals surface area (Å²) in [6.07, 6.45) is 0.802. The number of nitrogens with two attached hydrogens (primary N) is 2. The quantitative estimate of drug-likeness (QED) is 0.780. The van der Waals surface area contributed by atoms with Crippen LogP contribution in [0.2, 0.25) is 5.02 Å². The van der Waals surface area contributed by atoms with Gasteiger partial charge in [0, 0.05) is 12.1 Å². The van der Waals surface area contributed by atoms with Crippen molar-refractivity contribution in [2.75, 3.05) is 6.54 Å². The molecule has 2 heterocycles. The summed E-state index contributed by atoms with van der Waals surface area (Å²) >= 11 is 5.94. The van der Waals surface area contributed by atoms with Crippen molar-refractivity contribution in [3.05, 3.63) is 40.3 Å². The summed E-state index contributed by atoms with van der Waals surface area (Å²) in [6, 6.07) is 3.60. The van der Waals surface area contributed by atoms with E-state index in [9.17, 15) is 14.0 Å². The van der Waals surface area contributed by atoms with Crippen molar-refractivity contribution in [3.63, 3.8) is 0 Å². The predicted octanol–water partition coefficient (Wildman–Crippen LogP) is 3.10. The Balaban J connectivity index is 1.94. The molecule has 1 aliphatic carbocycles. The lowest BCUT2D eigenvalue weighted by Gasteiger charge is -2.36. The van der Waals surface area contributed by atoms with Gasteiger partial charge in [-0.2, -0.15) is 5.10 Å². The first-order chi connectivity index (χ1) is 13.5. The molecule has 7 nitrogen and oxygen atoms in total. The van der Waals surface area contributed by atoms with Crippen molar-refractivity contribution >= 4 is 23.5 Å². The lowest BCUT2D eigenvalue weighted by Crippen LogP contribution is -2.49. The van der Waals surface area contributed by atoms with Gasteiger partial charge in [0.25, 0.3) is 5.91 Å². The van der Waals surface area contributed by atoms with Crippen molar-refractivity contribution in [1.29, 1.82) is 0 Å². The minimum absolute atomic E-state index is 0.0316. The van der Waals surface area contributed by atoms with Crippen LogP contribution in [0.25, 0.3) is 11.3 Å². The van der Waals surface area contributed by atoms with Crippen LogP contribution in [0.15, 0.2) is 18.2 Å². The van der Waals surface area contributed by atoms with Crippen molar-refractivity contribution in [2.45, 2.75) is 39.3 Å². The maximum absolute atomic E-state index is 13.6. The number of carbonyl (C=O) groups is 2. The van der Waals surface area contributed by atoms with Gasteiger partial charge in [-0.1, -0.05) is 32.4 Å². The zero-order chi connectivity index (χ0) is 21.3. The molecule has 4 rings (SSSR count). The van der Waals surface area contributed by atoms with E-state index in [-0.39, 0.29) is 28.5 Å². The van der Waals surface area contributed by atoms with Gasteiger partial charge in [0.1, 0.15) is 11.5 Å². The van der Waals surface area contributed by atoms with Crippen molar-refractivity contribution in [1.82, 2.24) is 14.7 Å². The van der Waals surface area contributed by atoms with Crippen LogP contribution in [0.1, 0.15) is 43.2 Å². The van der Waals surface area contributed by atoms with Crippen LogP contribution in [0.4, 0.5) is 9.18 Å². The number of aromatic nitrogens is 2. The zero-order valence-corrected chi connectivity index (χ0v) is 17.3. The van der Waals surface area contributed by atoms with Crippen LogP contribution in [0.3, 0.4) is 0 Å². The van der Waals surface area contributed by atoms with E-state index in [0.29, 0.717) is 23.5 Å². The fourth-order valence-corrected chi connectivity index (χ4v) is 4.86. The number of amides is 3.